The maximum absolute atomic E-state index is 11.0. The molecular formula is C17H21N3O4. The van der Waals surface area contributed by atoms with Gasteiger partial charge in [0.1, 0.15) is 0 Å². The third-order valence-electron chi connectivity index (χ3n) is 3.30. The van der Waals surface area contributed by atoms with Gasteiger partial charge < -0.3 is 14.8 Å². The summed E-state index contributed by atoms with van der Waals surface area (Å²) in [7, 11) is 0. The predicted octanol–water partition coefficient (Wildman–Crippen LogP) is 3.44. The molecule has 0 saturated carbocycles. The molecule has 0 spiro atoms. The van der Waals surface area contributed by atoms with Gasteiger partial charge in [-0.25, -0.2) is 4.98 Å². The fraction of sp³-hybridized carbons (Fsp3) is 0.353. The van der Waals surface area contributed by atoms with Crippen LogP contribution >= 0.6 is 0 Å². The van der Waals surface area contributed by atoms with Crippen molar-refractivity contribution in [3.05, 3.63) is 52.2 Å². The summed E-state index contributed by atoms with van der Waals surface area (Å²) >= 11 is 0. The number of ether oxygens (including phenoxy) is 2. The van der Waals surface area contributed by atoms with Crippen molar-refractivity contribution in [1.29, 1.82) is 0 Å². The molecule has 1 aromatic heterocycles. The summed E-state index contributed by atoms with van der Waals surface area (Å²) < 4.78 is 11.1. The Bertz CT molecular complexity index is 691. The topological polar surface area (TPSA) is 86.5 Å². The third kappa shape index (κ3) is 4.58. The van der Waals surface area contributed by atoms with Crippen LogP contribution in [0.5, 0.6) is 11.5 Å². The summed E-state index contributed by atoms with van der Waals surface area (Å²) in [5, 5.41) is 14.0. The second-order valence-corrected chi connectivity index (χ2v) is 4.95. The first-order valence-electron chi connectivity index (χ1n) is 7.87. The molecule has 2 rings (SSSR count). The summed E-state index contributed by atoms with van der Waals surface area (Å²) in [6.07, 6.45) is 2.21. The Labute approximate surface area is 140 Å². The lowest BCUT2D eigenvalue weighted by Crippen LogP contribution is -2.08. The summed E-state index contributed by atoms with van der Waals surface area (Å²) in [5.41, 5.74) is 1.02. The molecule has 0 saturated heterocycles. The first kappa shape index (κ1) is 17.5. The average Bonchev–Trinajstić information content (AvgIpc) is 2.58. The van der Waals surface area contributed by atoms with Crippen LogP contribution in [-0.4, -0.2) is 29.7 Å². The van der Waals surface area contributed by atoms with Crippen LogP contribution in [0.1, 0.15) is 19.4 Å². The van der Waals surface area contributed by atoms with Crippen LogP contribution < -0.4 is 14.8 Å². The third-order valence-corrected chi connectivity index (χ3v) is 3.30. The average molecular weight is 331 g/mol. The molecule has 7 heteroatoms. The molecule has 1 heterocycles. The Balaban J connectivity index is 2.02. The van der Waals surface area contributed by atoms with Crippen molar-refractivity contribution >= 4 is 11.5 Å². The molecule has 1 aromatic carbocycles. The van der Waals surface area contributed by atoms with Crippen molar-refractivity contribution in [2.24, 2.45) is 0 Å². The Morgan fingerprint density at radius 3 is 2.62 bits per heavy atom. The van der Waals surface area contributed by atoms with Crippen molar-refractivity contribution in [3.63, 3.8) is 0 Å². The second kappa shape index (κ2) is 8.71. The summed E-state index contributed by atoms with van der Waals surface area (Å²) in [6.45, 7) is 5.50. The van der Waals surface area contributed by atoms with E-state index in [0.29, 0.717) is 31.9 Å². The molecule has 7 nitrogen and oxygen atoms in total. The highest BCUT2D eigenvalue weighted by molar-refractivity contribution is 5.55. The van der Waals surface area contributed by atoms with E-state index in [1.54, 1.807) is 6.07 Å². The zero-order valence-electron chi connectivity index (χ0n) is 13.8. The molecule has 0 aliphatic heterocycles. The highest BCUT2D eigenvalue weighted by Gasteiger charge is 2.13. The van der Waals surface area contributed by atoms with E-state index in [-0.39, 0.29) is 11.5 Å². The summed E-state index contributed by atoms with van der Waals surface area (Å²) in [4.78, 5) is 14.5. The van der Waals surface area contributed by atoms with E-state index < -0.39 is 4.92 Å². The zero-order chi connectivity index (χ0) is 17.4. The van der Waals surface area contributed by atoms with E-state index >= 15 is 0 Å². The van der Waals surface area contributed by atoms with Crippen molar-refractivity contribution in [2.75, 3.05) is 25.1 Å². The van der Waals surface area contributed by atoms with Crippen LogP contribution in [0.4, 0.5) is 11.5 Å². The van der Waals surface area contributed by atoms with Gasteiger partial charge in [-0.15, -0.1) is 0 Å². The standard InChI is InChI=1S/C17H21N3O4/c1-3-23-15-8-7-13(12-16(15)24-4-2)9-11-19-17-14(20(21)22)6-5-10-18-17/h5-8,10,12H,3-4,9,11H2,1-2H3,(H,18,19). The fourth-order valence-corrected chi connectivity index (χ4v) is 2.26. The largest absolute Gasteiger partial charge is 0.490 e. The quantitative estimate of drug-likeness (QED) is 0.559. The molecule has 0 unspecified atom stereocenters. The number of nitrogens with zero attached hydrogens (tertiary/aromatic N) is 2. The molecule has 0 aliphatic rings. The van der Waals surface area contributed by atoms with Crippen LogP contribution in [0.25, 0.3) is 0 Å². The van der Waals surface area contributed by atoms with Crippen LogP contribution in [-0.2, 0) is 6.42 Å². The van der Waals surface area contributed by atoms with Gasteiger partial charge in [0.15, 0.2) is 11.5 Å². The lowest BCUT2D eigenvalue weighted by Gasteiger charge is -2.12. The maximum Gasteiger partial charge on any atom is 0.311 e. The summed E-state index contributed by atoms with van der Waals surface area (Å²) in [5.74, 6) is 1.70. The van der Waals surface area contributed by atoms with Crippen molar-refractivity contribution in [2.45, 2.75) is 20.3 Å². The van der Waals surface area contributed by atoms with Gasteiger partial charge in [-0.3, -0.25) is 10.1 Å². The normalized spacial score (nSPS) is 10.2. The molecule has 2 aromatic rings. The predicted molar refractivity (Wildman–Crippen MR) is 91.9 cm³/mol. The van der Waals surface area contributed by atoms with Gasteiger partial charge in [-0.05, 0) is 44.0 Å². The van der Waals surface area contributed by atoms with Crippen molar-refractivity contribution in [3.8, 4) is 11.5 Å². The molecule has 0 bridgehead atoms. The molecule has 0 atom stereocenters. The molecule has 0 radical (unpaired) electrons. The van der Waals surface area contributed by atoms with Gasteiger partial charge in [0.2, 0.25) is 5.82 Å². The molecule has 0 aliphatic carbocycles. The van der Waals surface area contributed by atoms with Gasteiger partial charge >= 0.3 is 5.69 Å². The molecule has 0 amide bonds. The van der Waals surface area contributed by atoms with E-state index in [1.165, 1.54) is 12.3 Å². The van der Waals surface area contributed by atoms with E-state index in [9.17, 15) is 10.1 Å². The highest BCUT2D eigenvalue weighted by atomic mass is 16.6. The van der Waals surface area contributed by atoms with Crippen LogP contribution in [0.2, 0.25) is 0 Å². The van der Waals surface area contributed by atoms with Crippen LogP contribution in [0.3, 0.4) is 0 Å². The van der Waals surface area contributed by atoms with Crippen molar-refractivity contribution < 1.29 is 14.4 Å². The van der Waals surface area contributed by atoms with Gasteiger partial charge in [-0.1, -0.05) is 6.07 Å². The Morgan fingerprint density at radius 2 is 1.92 bits per heavy atom. The van der Waals surface area contributed by atoms with Gasteiger partial charge in [0.05, 0.1) is 18.1 Å². The number of benzene rings is 1. The van der Waals surface area contributed by atoms with E-state index in [2.05, 4.69) is 10.3 Å². The SMILES string of the molecule is CCOc1ccc(CCNc2ncccc2[N+](=O)[O-])cc1OCC. The van der Waals surface area contributed by atoms with Gasteiger partial charge in [0.25, 0.3) is 0 Å². The molecular weight excluding hydrogens is 310 g/mol. The summed E-state index contributed by atoms with van der Waals surface area (Å²) in [6, 6.07) is 8.75. The van der Waals surface area contributed by atoms with E-state index in [1.807, 2.05) is 32.0 Å². The lowest BCUT2D eigenvalue weighted by atomic mass is 10.1. The Kier molecular flexibility index (Phi) is 6.36. The number of anilines is 1. The van der Waals surface area contributed by atoms with Gasteiger partial charge in [-0.2, -0.15) is 0 Å². The molecule has 128 valence electrons. The number of rotatable bonds is 9. The van der Waals surface area contributed by atoms with Crippen LogP contribution in [0.15, 0.2) is 36.5 Å². The molecule has 1 N–H and O–H groups in total. The van der Waals surface area contributed by atoms with Crippen LogP contribution in [0, 0.1) is 10.1 Å². The van der Waals surface area contributed by atoms with E-state index in [0.717, 1.165) is 11.3 Å². The second-order valence-electron chi connectivity index (χ2n) is 4.95. The Hall–Kier alpha value is -2.83. The minimum atomic E-state index is -0.445. The minimum Gasteiger partial charge on any atom is -0.490 e. The Morgan fingerprint density at radius 1 is 1.17 bits per heavy atom. The number of pyridine rings is 1. The number of nitrogens with one attached hydrogen (secondary N) is 1. The minimum absolute atomic E-state index is 0.0285. The molecule has 24 heavy (non-hydrogen) atoms. The number of hydrogen-bond acceptors (Lipinski definition) is 6. The zero-order valence-corrected chi connectivity index (χ0v) is 13.8. The first-order chi connectivity index (χ1) is 11.7. The monoisotopic (exact) mass is 331 g/mol. The lowest BCUT2D eigenvalue weighted by molar-refractivity contribution is -0.384. The molecule has 0 fully saturated rings. The highest BCUT2D eigenvalue weighted by Crippen LogP contribution is 2.29. The maximum atomic E-state index is 11.0. The number of hydrogen-bond donors (Lipinski definition) is 1. The first-order valence-corrected chi connectivity index (χ1v) is 7.87. The van der Waals surface area contributed by atoms with Crippen molar-refractivity contribution in [1.82, 2.24) is 4.98 Å². The smallest absolute Gasteiger partial charge is 0.311 e. The van der Waals surface area contributed by atoms with E-state index in [4.69, 9.17) is 9.47 Å². The van der Waals surface area contributed by atoms with Gasteiger partial charge in [0, 0.05) is 18.8 Å². The fourth-order valence-electron chi connectivity index (χ4n) is 2.26. The number of aromatic nitrogens is 1. The number of nitro groups is 1.